The molecule has 0 radical (unpaired) electrons. The first kappa shape index (κ1) is 17.2. The van der Waals surface area contributed by atoms with E-state index in [-0.39, 0.29) is 18.6 Å². The predicted octanol–water partition coefficient (Wildman–Crippen LogP) is 2.14. The van der Waals surface area contributed by atoms with Crippen LogP contribution in [0, 0.1) is 0 Å². The zero-order chi connectivity index (χ0) is 16.7. The third-order valence-corrected chi connectivity index (χ3v) is 3.88. The van der Waals surface area contributed by atoms with Gasteiger partial charge >= 0.3 is 5.97 Å². The van der Waals surface area contributed by atoms with E-state index in [1.165, 1.54) is 0 Å². The Balaban J connectivity index is 1.92. The fraction of sp³-hybridized carbons (Fsp3) is 0.588. The van der Waals surface area contributed by atoms with Crippen LogP contribution in [0.5, 0.6) is 0 Å². The van der Waals surface area contributed by atoms with Gasteiger partial charge in [-0.2, -0.15) is 0 Å². The molecule has 1 N–H and O–H groups in total. The highest BCUT2D eigenvalue weighted by atomic mass is 16.5. The van der Waals surface area contributed by atoms with Crippen molar-refractivity contribution in [2.75, 3.05) is 24.6 Å². The lowest BCUT2D eigenvalue weighted by Gasteiger charge is -2.19. The molecule has 1 aromatic heterocycles. The van der Waals surface area contributed by atoms with Gasteiger partial charge in [0.1, 0.15) is 11.4 Å². The van der Waals surface area contributed by atoms with Crippen LogP contribution < -0.4 is 10.2 Å². The Kier molecular flexibility index (Phi) is 6.38. The van der Waals surface area contributed by atoms with Crippen molar-refractivity contribution in [3.63, 3.8) is 0 Å². The Hall–Kier alpha value is -2.11. The molecule has 2 rings (SSSR count). The maximum absolute atomic E-state index is 12.3. The van der Waals surface area contributed by atoms with Crippen LogP contribution in [-0.2, 0) is 9.53 Å². The fourth-order valence-corrected chi connectivity index (χ4v) is 2.77. The maximum Gasteiger partial charge on any atom is 0.342 e. The number of nitrogens with zero attached hydrogens (tertiary/aromatic N) is 2. The number of nitrogens with one attached hydrogen (secondary N) is 1. The van der Waals surface area contributed by atoms with Crippen LogP contribution in [0.15, 0.2) is 18.3 Å². The molecule has 0 aliphatic carbocycles. The zero-order valence-electron chi connectivity index (χ0n) is 13.9. The van der Waals surface area contributed by atoms with Crippen molar-refractivity contribution in [1.29, 1.82) is 0 Å². The largest absolute Gasteiger partial charge is 0.452 e. The minimum Gasteiger partial charge on any atom is -0.452 e. The molecule has 0 unspecified atom stereocenters. The summed E-state index contributed by atoms with van der Waals surface area (Å²) in [5, 5.41) is 2.82. The van der Waals surface area contributed by atoms with Crippen LogP contribution in [0.1, 0.15) is 49.9 Å². The monoisotopic (exact) mass is 319 g/mol. The number of carbonyl (C=O) groups excluding carboxylic acids is 2. The van der Waals surface area contributed by atoms with Crippen LogP contribution in [0.25, 0.3) is 0 Å². The van der Waals surface area contributed by atoms with Crippen LogP contribution in [0.3, 0.4) is 0 Å². The number of aromatic nitrogens is 1. The summed E-state index contributed by atoms with van der Waals surface area (Å²) in [4.78, 5) is 30.4. The average Bonchev–Trinajstić information content (AvgIpc) is 3.07. The number of pyridine rings is 1. The highest BCUT2D eigenvalue weighted by molar-refractivity contribution is 5.96. The number of hydrogen-bond acceptors (Lipinski definition) is 5. The molecule has 1 aromatic rings. The minimum absolute atomic E-state index is 0.0877. The number of anilines is 1. The fourth-order valence-electron chi connectivity index (χ4n) is 2.77. The van der Waals surface area contributed by atoms with Gasteiger partial charge in [0.05, 0.1) is 0 Å². The van der Waals surface area contributed by atoms with Crippen molar-refractivity contribution in [3.8, 4) is 0 Å². The van der Waals surface area contributed by atoms with Crippen molar-refractivity contribution < 1.29 is 14.3 Å². The molecular weight excluding hydrogens is 294 g/mol. The normalized spacial score (nSPS) is 15.3. The predicted molar refractivity (Wildman–Crippen MR) is 88.5 cm³/mol. The molecule has 6 heteroatoms. The number of esters is 1. The average molecular weight is 319 g/mol. The van der Waals surface area contributed by atoms with Gasteiger partial charge in [0.2, 0.25) is 0 Å². The van der Waals surface area contributed by atoms with E-state index in [4.69, 9.17) is 4.74 Å². The standard InChI is InChI=1S/C17H25N3O3/c1-3-7-13(2)19-15(21)12-23-17(22)14-8-6-9-18-16(14)20-10-4-5-11-20/h6,8-9,13H,3-5,7,10-12H2,1-2H3,(H,19,21)/t13-/m0/s1. The summed E-state index contributed by atoms with van der Waals surface area (Å²) in [6.45, 7) is 5.53. The molecule has 0 bridgehead atoms. The summed E-state index contributed by atoms with van der Waals surface area (Å²) >= 11 is 0. The van der Waals surface area contributed by atoms with Gasteiger partial charge in [-0.3, -0.25) is 4.79 Å². The Morgan fingerprint density at radius 2 is 2.13 bits per heavy atom. The second-order valence-electron chi connectivity index (χ2n) is 5.90. The van der Waals surface area contributed by atoms with E-state index in [0.717, 1.165) is 38.8 Å². The van der Waals surface area contributed by atoms with Crippen molar-refractivity contribution >= 4 is 17.7 Å². The van der Waals surface area contributed by atoms with Gasteiger partial charge in [-0.15, -0.1) is 0 Å². The Labute approximate surface area is 137 Å². The molecule has 1 atom stereocenters. The second kappa shape index (κ2) is 8.50. The zero-order valence-corrected chi connectivity index (χ0v) is 13.9. The van der Waals surface area contributed by atoms with E-state index in [0.29, 0.717) is 11.4 Å². The Morgan fingerprint density at radius 1 is 1.39 bits per heavy atom. The lowest BCUT2D eigenvalue weighted by atomic mass is 10.2. The van der Waals surface area contributed by atoms with Gasteiger partial charge in [-0.05, 0) is 38.3 Å². The maximum atomic E-state index is 12.3. The van der Waals surface area contributed by atoms with E-state index < -0.39 is 5.97 Å². The van der Waals surface area contributed by atoms with E-state index in [1.807, 2.05) is 6.92 Å². The van der Waals surface area contributed by atoms with E-state index in [1.54, 1.807) is 18.3 Å². The van der Waals surface area contributed by atoms with Crippen molar-refractivity contribution in [3.05, 3.63) is 23.9 Å². The summed E-state index contributed by atoms with van der Waals surface area (Å²) in [6, 6.07) is 3.49. The third kappa shape index (κ3) is 4.94. The van der Waals surface area contributed by atoms with Crippen LogP contribution in [0.4, 0.5) is 5.82 Å². The molecule has 0 spiro atoms. The molecule has 1 aliphatic heterocycles. The SMILES string of the molecule is CCC[C@H](C)NC(=O)COC(=O)c1cccnc1N1CCCC1. The second-order valence-corrected chi connectivity index (χ2v) is 5.90. The number of hydrogen-bond donors (Lipinski definition) is 1. The number of ether oxygens (including phenoxy) is 1. The van der Waals surface area contributed by atoms with Gasteiger partial charge in [0.15, 0.2) is 6.61 Å². The molecule has 1 saturated heterocycles. The molecule has 1 aliphatic rings. The van der Waals surface area contributed by atoms with Crippen molar-refractivity contribution in [2.45, 2.75) is 45.6 Å². The summed E-state index contributed by atoms with van der Waals surface area (Å²) in [5.74, 6) is -0.126. The first-order valence-electron chi connectivity index (χ1n) is 8.28. The number of carbonyl (C=O) groups is 2. The Morgan fingerprint density at radius 3 is 2.83 bits per heavy atom. The quantitative estimate of drug-likeness (QED) is 0.780. The lowest BCUT2D eigenvalue weighted by molar-refractivity contribution is -0.124. The topological polar surface area (TPSA) is 71.5 Å². The van der Waals surface area contributed by atoms with Gasteiger partial charge in [-0.25, -0.2) is 9.78 Å². The molecule has 1 fully saturated rings. The van der Waals surface area contributed by atoms with Crippen LogP contribution in [0.2, 0.25) is 0 Å². The molecule has 6 nitrogen and oxygen atoms in total. The van der Waals surface area contributed by atoms with E-state index in [9.17, 15) is 9.59 Å². The molecule has 0 saturated carbocycles. The molecule has 1 amide bonds. The first-order chi connectivity index (χ1) is 11.1. The van der Waals surface area contributed by atoms with E-state index in [2.05, 4.69) is 22.1 Å². The number of amides is 1. The first-order valence-corrected chi connectivity index (χ1v) is 8.28. The molecular formula is C17H25N3O3. The Bertz CT molecular complexity index is 542. The summed E-state index contributed by atoms with van der Waals surface area (Å²) in [6.07, 6.45) is 5.77. The van der Waals surface area contributed by atoms with Gasteiger partial charge in [-0.1, -0.05) is 13.3 Å². The molecule has 126 valence electrons. The van der Waals surface area contributed by atoms with Gasteiger partial charge in [0.25, 0.3) is 5.91 Å². The number of rotatable bonds is 7. The smallest absolute Gasteiger partial charge is 0.342 e. The summed E-state index contributed by atoms with van der Waals surface area (Å²) in [7, 11) is 0. The van der Waals surface area contributed by atoms with Crippen molar-refractivity contribution in [1.82, 2.24) is 10.3 Å². The van der Waals surface area contributed by atoms with Gasteiger partial charge < -0.3 is 15.0 Å². The summed E-state index contributed by atoms with van der Waals surface area (Å²) < 4.78 is 5.15. The molecule has 2 heterocycles. The van der Waals surface area contributed by atoms with E-state index >= 15 is 0 Å². The molecule has 23 heavy (non-hydrogen) atoms. The van der Waals surface area contributed by atoms with Crippen LogP contribution >= 0.6 is 0 Å². The van der Waals surface area contributed by atoms with Gasteiger partial charge in [0, 0.05) is 25.3 Å². The molecule has 0 aromatic carbocycles. The highest BCUT2D eigenvalue weighted by Crippen LogP contribution is 2.22. The minimum atomic E-state index is -0.502. The highest BCUT2D eigenvalue weighted by Gasteiger charge is 2.22. The summed E-state index contributed by atoms with van der Waals surface area (Å²) in [5.41, 5.74) is 0.420. The third-order valence-electron chi connectivity index (χ3n) is 3.88. The van der Waals surface area contributed by atoms with Crippen LogP contribution in [-0.4, -0.2) is 42.6 Å². The van der Waals surface area contributed by atoms with Crippen molar-refractivity contribution in [2.24, 2.45) is 0 Å². The lowest BCUT2D eigenvalue weighted by Crippen LogP contribution is -2.35.